The Bertz CT molecular complexity index is 558. The Morgan fingerprint density at radius 3 is 2.83 bits per heavy atom. The SMILES string of the molecule is O=C(O)c1ccncc1OCc1ccc(Br)cn1. The van der Waals surface area contributed by atoms with Crippen LogP contribution >= 0.6 is 15.9 Å². The van der Waals surface area contributed by atoms with Crippen LogP contribution in [0.25, 0.3) is 0 Å². The Kier molecular flexibility index (Phi) is 3.88. The van der Waals surface area contributed by atoms with Gasteiger partial charge in [0.15, 0.2) is 5.75 Å². The summed E-state index contributed by atoms with van der Waals surface area (Å²) in [6.07, 6.45) is 4.44. The van der Waals surface area contributed by atoms with Gasteiger partial charge in [-0.3, -0.25) is 9.97 Å². The van der Waals surface area contributed by atoms with E-state index >= 15 is 0 Å². The lowest BCUT2D eigenvalue weighted by Gasteiger charge is -2.07. The van der Waals surface area contributed by atoms with Crippen LogP contribution in [0.3, 0.4) is 0 Å². The zero-order valence-electron chi connectivity index (χ0n) is 9.21. The molecule has 0 saturated carbocycles. The van der Waals surface area contributed by atoms with E-state index in [1.807, 2.05) is 6.07 Å². The molecule has 5 nitrogen and oxygen atoms in total. The van der Waals surface area contributed by atoms with Crippen LogP contribution < -0.4 is 4.74 Å². The number of pyridine rings is 2. The number of rotatable bonds is 4. The third-order valence-corrected chi connectivity index (χ3v) is 2.65. The molecule has 2 aromatic rings. The first-order valence-electron chi connectivity index (χ1n) is 5.07. The van der Waals surface area contributed by atoms with Crippen molar-refractivity contribution in [1.82, 2.24) is 9.97 Å². The lowest BCUT2D eigenvalue weighted by Crippen LogP contribution is -2.04. The predicted molar refractivity (Wildman–Crippen MR) is 67.5 cm³/mol. The predicted octanol–water partition coefficient (Wildman–Crippen LogP) is 2.52. The standard InChI is InChI=1S/C12H9BrN2O3/c13-8-1-2-9(15-5-8)7-18-11-6-14-4-3-10(11)12(16)17/h1-6H,7H2,(H,16,17). The second-order valence-corrected chi connectivity index (χ2v) is 4.35. The summed E-state index contributed by atoms with van der Waals surface area (Å²) in [5.41, 5.74) is 0.792. The van der Waals surface area contributed by atoms with Crippen molar-refractivity contribution < 1.29 is 14.6 Å². The number of hydrogen-bond acceptors (Lipinski definition) is 4. The van der Waals surface area contributed by atoms with Gasteiger partial charge in [0.05, 0.1) is 11.9 Å². The van der Waals surface area contributed by atoms with Gasteiger partial charge in [-0.25, -0.2) is 4.79 Å². The van der Waals surface area contributed by atoms with Gasteiger partial charge < -0.3 is 9.84 Å². The van der Waals surface area contributed by atoms with Crippen LogP contribution in [-0.2, 0) is 6.61 Å². The summed E-state index contributed by atoms with van der Waals surface area (Å²) in [5.74, 6) is -0.814. The van der Waals surface area contributed by atoms with Crippen LogP contribution in [0.4, 0.5) is 0 Å². The fourth-order valence-corrected chi connectivity index (χ4v) is 1.55. The summed E-state index contributed by atoms with van der Waals surface area (Å²) in [7, 11) is 0. The normalized spacial score (nSPS) is 10.1. The van der Waals surface area contributed by atoms with E-state index in [-0.39, 0.29) is 17.9 Å². The van der Waals surface area contributed by atoms with Gasteiger partial charge in [-0.2, -0.15) is 0 Å². The summed E-state index contributed by atoms with van der Waals surface area (Å²) in [6.45, 7) is 0.194. The largest absolute Gasteiger partial charge is 0.485 e. The van der Waals surface area contributed by atoms with Gasteiger partial charge in [-0.05, 0) is 34.1 Å². The van der Waals surface area contributed by atoms with Crippen molar-refractivity contribution in [3.05, 3.63) is 52.5 Å². The zero-order chi connectivity index (χ0) is 13.0. The molecule has 0 amide bonds. The first-order valence-corrected chi connectivity index (χ1v) is 5.86. The number of aromatic nitrogens is 2. The molecular weight excluding hydrogens is 300 g/mol. The average Bonchev–Trinajstić information content (AvgIpc) is 2.38. The zero-order valence-corrected chi connectivity index (χ0v) is 10.8. The minimum atomic E-state index is -1.05. The molecule has 0 saturated heterocycles. The molecule has 0 aromatic carbocycles. The van der Waals surface area contributed by atoms with E-state index < -0.39 is 5.97 Å². The maximum absolute atomic E-state index is 10.9. The number of ether oxygens (including phenoxy) is 1. The minimum Gasteiger partial charge on any atom is -0.485 e. The topological polar surface area (TPSA) is 72.3 Å². The first-order chi connectivity index (χ1) is 8.66. The van der Waals surface area contributed by atoms with Gasteiger partial charge in [0.25, 0.3) is 0 Å². The highest BCUT2D eigenvalue weighted by Gasteiger charge is 2.10. The molecule has 1 N–H and O–H groups in total. The van der Waals surface area contributed by atoms with Crippen molar-refractivity contribution in [3.63, 3.8) is 0 Å². The van der Waals surface area contributed by atoms with Gasteiger partial charge in [0.2, 0.25) is 0 Å². The van der Waals surface area contributed by atoms with E-state index in [1.165, 1.54) is 18.5 Å². The molecule has 2 heterocycles. The highest BCUT2D eigenvalue weighted by molar-refractivity contribution is 9.10. The number of hydrogen-bond donors (Lipinski definition) is 1. The lowest BCUT2D eigenvalue weighted by atomic mass is 10.2. The smallest absolute Gasteiger partial charge is 0.339 e. The molecule has 0 aliphatic rings. The third-order valence-electron chi connectivity index (χ3n) is 2.18. The molecule has 0 fully saturated rings. The molecule has 2 rings (SSSR count). The Morgan fingerprint density at radius 1 is 1.33 bits per heavy atom. The molecule has 18 heavy (non-hydrogen) atoms. The van der Waals surface area contributed by atoms with Crippen LogP contribution in [-0.4, -0.2) is 21.0 Å². The molecule has 6 heteroatoms. The van der Waals surface area contributed by atoms with E-state index in [2.05, 4.69) is 25.9 Å². The van der Waals surface area contributed by atoms with Crippen molar-refractivity contribution in [3.8, 4) is 5.75 Å². The highest BCUT2D eigenvalue weighted by Crippen LogP contribution is 2.17. The number of carbonyl (C=O) groups is 1. The number of carboxylic acid groups (broad SMARTS) is 1. The van der Waals surface area contributed by atoms with E-state index in [9.17, 15) is 4.79 Å². The van der Waals surface area contributed by atoms with Crippen LogP contribution in [0.5, 0.6) is 5.75 Å². The van der Waals surface area contributed by atoms with E-state index in [4.69, 9.17) is 9.84 Å². The molecule has 0 bridgehead atoms. The highest BCUT2D eigenvalue weighted by atomic mass is 79.9. The number of aromatic carboxylic acids is 1. The van der Waals surface area contributed by atoms with Gasteiger partial charge >= 0.3 is 5.97 Å². The van der Waals surface area contributed by atoms with Gasteiger partial charge in [-0.1, -0.05) is 0 Å². The van der Waals surface area contributed by atoms with Gasteiger partial charge in [-0.15, -0.1) is 0 Å². The Hall–Kier alpha value is -1.95. The van der Waals surface area contributed by atoms with Crippen LogP contribution in [0.15, 0.2) is 41.3 Å². The maximum Gasteiger partial charge on any atom is 0.339 e. The Labute approximate surface area is 112 Å². The Morgan fingerprint density at radius 2 is 2.17 bits per heavy atom. The lowest BCUT2D eigenvalue weighted by molar-refractivity contribution is 0.0691. The maximum atomic E-state index is 10.9. The number of carboxylic acids is 1. The van der Waals surface area contributed by atoms with Crippen molar-refractivity contribution >= 4 is 21.9 Å². The summed E-state index contributed by atoms with van der Waals surface area (Å²) in [6, 6.07) is 5.03. The molecule has 0 spiro atoms. The third kappa shape index (κ3) is 3.04. The van der Waals surface area contributed by atoms with Crippen molar-refractivity contribution in [2.75, 3.05) is 0 Å². The van der Waals surface area contributed by atoms with Gasteiger partial charge in [0, 0.05) is 16.9 Å². The van der Waals surface area contributed by atoms with Gasteiger partial charge in [0.1, 0.15) is 12.2 Å². The molecule has 0 aliphatic carbocycles. The van der Waals surface area contributed by atoms with E-state index in [1.54, 1.807) is 12.3 Å². The summed E-state index contributed by atoms with van der Waals surface area (Å²) < 4.78 is 6.28. The number of halogens is 1. The summed E-state index contributed by atoms with van der Waals surface area (Å²) in [4.78, 5) is 18.9. The summed E-state index contributed by atoms with van der Waals surface area (Å²) >= 11 is 3.28. The fraction of sp³-hybridized carbons (Fsp3) is 0.0833. The molecule has 0 radical (unpaired) electrons. The molecule has 0 atom stereocenters. The van der Waals surface area contributed by atoms with Crippen molar-refractivity contribution in [2.45, 2.75) is 6.61 Å². The number of nitrogens with zero attached hydrogens (tertiary/aromatic N) is 2. The van der Waals surface area contributed by atoms with Crippen LogP contribution in [0.2, 0.25) is 0 Å². The molecule has 0 unspecified atom stereocenters. The molecule has 0 aliphatic heterocycles. The second kappa shape index (κ2) is 5.59. The van der Waals surface area contributed by atoms with Crippen LogP contribution in [0, 0.1) is 0 Å². The van der Waals surface area contributed by atoms with Crippen LogP contribution in [0.1, 0.15) is 16.1 Å². The molecular formula is C12H9BrN2O3. The average molecular weight is 309 g/mol. The molecule has 2 aromatic heterocycles. The first kappa shape index (κ1) is 12.5. The van der Waals surface area contributed by atoms with E-state index in [0.29, 0.717) is 5.69 Å². The second-order valence-electron chi connectivity index (χ2n) is 3.43. The minimum absolute atomic E-state index is 0.0853. The monoisotopic (exact) mass is 308 g/mol. The molecule has 92 valence electrons. The van der Waals surface area contributed by atoms with Crippen molar-refractivity contribution in [1.29, 1.82) is 0 Å². The fourth-order valence-electron chi connectivity index (χ4n) is 1.32. The van der Waals surface area contributed by atoms with Crippen molar-refractivity contribution in [2.24, 2.45) is 0 Å². The Balaban J connectivity index is 2.10. The summed E-state index contributed by atoms with van der Waals surface area (Å²) in [5, 5.41) is 8.97. The van der Waals surface area contributed by atoms with E-state index in [0.717, 1.165) is 4.47 Å². The quantitative estimate of drug-likeness (QED) is 0.939.